The predicted octanol–water partition coefficient (Wildman–Crippen LogP) is 1.53. The van der Waals surface area contributed by atoms with Crippen LogP contribution in [0.3, 0.4) is 0 Å². The van der Waals surface area contributed by atoms with E-state index < -0.39 is 24.5 Å². The number of carbonyl (C=O) groups excluding carboxylic acids is 4. The van der Waals surface area contributed by atoms with Gasteiger partial charge < -0.3 is 10.1 Å². The highest BCUT2D eigenvalue weighted by Gasteiger charge is 2.12. The Morgan fingerprint density at radius 1 is 1.17 bits per heavy atom. The molecule has 0 saturated carbocycles. The first-order chi connectivity index (χ1) is 10.9. The minimum Gasteiger partial charge on any atom is -0.452 e. The third kappa shape index (κ3) is 7.21. The van der Waals surface area contributed by atoms with Crippen molar-refractivity contribution in [3.05, 3.63) is 35.4 Å². The monoisotopic (exact) mass is 320 g/mol. The largest absolute Gasteiger partial charge is 0.452 e. The number of amides is 3. The van der Waals surface area contributed by atoms with Crippen molar-refractivity contribution in [2.75, 3.05) is 13.2 Å². The van der Waals surface area contributed by atoms with Crippen LogP contribution in [0.4, 0.5) is 4.79 Å². The van der Waals surface area contributed by atoms with Crippen molar-refractivity contribution in [1.82, 2.24) is 10.6 Å². The second-order valence-electron chi connectivity index (χ2n) is 5.30. The van der Waals surface area contributed by atoms with Crippen LogP contribution in [0.2, 0.25) is 0 Å². The second kappa shape index (κ2) is 9.34. The summed E-state index contributed by atoms with van der Waals surface area (Å²) >= 11 is 0. The minimum atomic E-state index is -0.718. The summed E-state index contributed by atoms with van der Waals surface area (Å²) in [7, 11) is 0. The molecular weight excluding hydrogens is 300 g/mol. The number of hydrogen-bond donors (Lipinski definition) is 2. The molecule has 0 heterocycles. The average Bonchev–Trinajstić information content (AvgIpc) is 2.52. The molecular formula is C16H20N2O5. The quantitative estimate of drug-likeness (QED) is 0.586. The van der Waals surface area contributed by atoms with Gasteiger partial charge in [0.1, 0.15) is 6.29 Å². The van der Waals surface area contributed by atoms with Gasteiger partial charge in [0, 0.05) is 12.1 Å². The summed E-state index contributed by atoms with van der Waals surface area (Å²) in [4.78, 5) is 45.1. The second-order valence-corrected chi connectivity index (χ2v) is 5.30. The van der Waals surface area contributed by atoms with Crippen LogP contribution >= 0.6 is 0 Å². The van der Waals surface area contributed by atoms with Gasteiger partial charge >= 0.3 is 12.0 Å². The van der Waals surface area contributed by atoms with Crippen LogP contribution in [0.15, 0.2) is 24.3 Å². The number of benzene rings is 1. The fraction of sp³-hybridized carbons (Fsp3) is 0.375. The van der Waals surface area contributed by atoms with E-state index in [-0.39, 0.29) is 5.56 Å². The van der Waals surface area contributed by atoms with Crippen molar-refractivity contribution in [2.24, 2.45) is 5.92 Å². The number of hydrogen-bond acceptors (Lipinski definition) is 5. The van der Waals surface area contributed by atoms with Crippen LogP contribution < -0.4 is 10.6 Å². The molecule has 0 spiro atoms. The number of ether oxygens (including phenoxy) is 1. The maximum absolute atomic E-state index is 11.7. The Balaban J connectivity index is 2.32. The standard InChI is InChI=1S/C16H20N2O5/c1-11(2)7-8-17-16(22)18-14(20)10-23-15(21)13-5-3-12(9-19)4-6-13/h3-6,9,11H,7-8,10H2,1-2H3,(H2,17,18,20,22). The zero-order chi connectivity index (χ0) is 17.2. The fourth-order valence-corrected chi connectivity index (χ4v) is 1.59. The summed E-state index contributed by atoms with van der Waals surface area (Å²) in [5, 5.41) is 4.60. The van der Waals surface area contributed by atoms with E-state index in [2.05, 4.69) is 10.6 Å². The molecule has 0 atom stereocenters. The number of rotatable bonds is 7. The van der Waals surface area contributed by atoms with Gasteiger partial charge in [-0.1, -0.05) is 26.0 Å². The Morgan fingerprint density at radius 2 is 1.83 bits per heavy atom. The van der Waals surface area contributed by atoms with E-state index in [0.29, 0.717) is 24.3 Å². The lowest BCUT2D eigenvalue weighted by atomic mass is 10.1. The third-order valence-corrected chi connectivity index (χ3v) is 2.88. The number of aldehydes is 1. The maximum atomic E-state index is 11.7. The summed E-state index contributed by atoms with van der Waals surface area (Å²) in [5.41, 5.74) is 0.641. The van der Waals surface area contributed by atoms with Crippen LogP contribution in [0, 0.1) is 5.92 Å². The van der Waals surface area contributed by atoms with Crippen molar-refractivity contribution < 1.29 is 23.9 Å². The molecule has 0 radical (unpaired) electrons. The molecule has 23 heavy (non-hydrogen) atoms. The molecule has 7 nitrogen and oxygen atoms in total. The average molecular weight is 320 g/mol. The summed E-state index contributed by atoms with van der Waals surface area (Å²) in [6.07, 6.45) is 1.45. The Labute approximate surface area is 134 Å². The van der Waals surface area contributed by atoms with Gasteiger partial charge in [-0.15, -0.1) is 0 Å². The molecule has 0 aliphatic carbocycles. The van der Waals surface area contributed by atoms with E-state index >= 15 is 0 Å². The predicted molar refractivity (Wildman–Crippen MR) is 83.1 cm³/mol. The minimum absolute atomic E-state index is 0.213. The smallest absolute Gasteiger partial charge is 0.338 e. The molecule has 124 valence electrons. The molecule has 1 aromatic carbocycles. The Kier molecular flexibility index (Phi) is 7.45. The van der Waals surface area contributed by atoms with Crippen LogP contribution in [0.25, 0.3) is 0 Å². The van der Waals surface area contributed by atoms with E-state index in [1.165, 1.54) is 24.3 Å². The van der Waals surface area contributed by atoms with Gasteiger partial charge in [0.05, 0.1) is 5.56 Å². The van der Waals surface area contributed by atoms with E-state index in [4.69, 9.17) is 4.74 Å². The zero-order valence-corrected chi connectivity index (χ0v) is 13.1. The van der Waals surface area contributed by atoms with Crippen LogP contribution in [-0.4, -0.2) is 37.3 Å². The molecule has 0 aromatic heterocycles. The lowest BCUT2D eigenvalue weighted by molar-refractivity contribution is -0.123. The highest BCUT2D eigenvalue weighted by Crippen LogP contribution is 2.04. The SMILES string of the molecule is CC(C)CCNC(=O)NC(=O)COC(=O)c1ccc(C=O)cc1. The normalized spacial score (nSPS) is 10.0. The number of carbonyl (C=O) groups is 4. The molecule has 2 N–H and O–H groups in total. The Bertz CT molecular complexity index is 566. The van der Waals surface area contributed by atoms with E-state index in [0.717, 1.165) is 6.42 Å². The van der Waals surface area contributed by atoms with Gasteiger partial charge in [0.15, 0.2) is 6.61 Å². The van der Waals surface area contributed by atoms with Gasteiger partial charge in [-0.2, -0.15) is 0 Å². The summed E-state index contributed by atoms with van der Waals surface area (Å²) in [6, 6.07) is 5.14. The first-order valence-corrected chi connectivity index (χ1v) is 7.22. The number of imide groups is 1. The third-order valence-electron chi connectivity index (χ3n) is 2.88. The van der Waals surface area contributed by atoms with E-state index in [1.54, 1.807) is 0 Å². The highest BCUT2D eigenvalue weighted by atomic mass is 16.5. The molecule has 1 rings (SSSR count). The number of nitrogens with one attached hydrogen (secondary N) is 2. The summed E-state index contributed by atoms with van der Waals surface area (Å²) < 4.78 is 4.79. The van der Waals surface area contributed by atoms with Gasteiger partial charge in [-0.05, 0) is 24.5 Å². The fourth-order valence-electron chi connectivity index (χ4n) is 1.59. The van der Waals surface area contributed by atoms with Crippen molar-refractivity contribution in [3.8, 4) is 0 Å². The molecule has 1 aromatic rings. The first kappa shape index (κ1) is 18.3. The molecule has 7 heteroatoms. The van der Waals surface area contributed by atoms with E-state index in [9.17, 15) is 19.2 Å². The first-order valence-electron chi connectivity index (χ1n) is 7.22. The summed E-state index contributed by atoms with van der Waals surface area (Å²) in [5.74, 6) is -0.986. The Morgan fingerprint density at radius 3 is 2.39 bits per heavy atom. The molecule has 0 aliphatic heterocycles. The van der Waals surface area contributed by atoms with Gasteiger partial charge in [-0.3, -0.25) is 14.9 Å². The van der Waals surface area contributed by atoms with Gasteiger partial charge in [0.25, 0.3) is 5.91 Å². The number of esters is 1. The topological polar surface area (TPSA) is 102 Å². The zero-order valence-electron chi connectivity index (χ0n) is 13.1. The maximum Gasteiger partial charge on any atom is 0.338 e. The van der Waals surface area contributed by atoms with Crippen molar-refractivity contribution in [3.63, 3.8) is 0 Å². The molecule has 0 aliphatic rings. The van der Waals surface area contributed by atoms with Crippen molar-refractivity contribution in [1.29, 1.82) is 0 Å². The van der Waals surface area contributed by atoms with Crippen molar-refractivity contribution in [2.45, 2.75) is 20.3 Å². The number of urea groups is 1. The van der Waals surface area contributed by atoms with Gasteiger partial charge in [0.2, 0.25) is 0 Å². The molecule has 0 bridgehead atoms. The van der Waals surface area contributed by atoms with E-state index in [1.807, 2.05) is 13.8 Å². The molecule has 0 saturated heterocycles. The highest BCUT2D eigenvalue weighted by molar-refractivity contribution is 5.97. The lowest BCUT2D eigenvalue weighted by Crippen LogP contribution is -2.41. The molecule has 0 fully saturated rings. The summed E-state index contributed by atoms with van der Waals surface area (Å²) in [6.45, 7) is 3.93. The van der Waals surface area contributed by atoms with Gasteiger partial charge in [-0.25, -0.2) is 9.59 Å². The molecule has 0 unspecified atom stereocenters. The lowest BCUT2D eigenvalue weighted by Gasteiger charge is -2.08. The van der Waals surface area contributed by atoms with Crippen molar-refractivity contribution >= 4 is 24.2 Å². The Hall–Kier alpha value is -2.70. The van der Waals surface area contributed by atoms with Crippen LogP contribution in [0.5, 0.6) is 0 Å². The van der Waals surface area contributed by atoms with Crippen LogP contribution in [-0.2, 0) is 9.53 Å². The molecule has 3 amide bonds. The van der Waals surface area contributed by atoms with Crippen LogP contribution in [0.1, 0.15) is 41.0 Å².